The van der Waals surface area contributed by atoms with E-state index in [1.807, 2.05) is 5.43 Å². The Morgan fingerprint density at radius 2 is 1.88 bits per heavy atom. The molecule has 2 N–H and O–H groups in total. The normalized spacial score (nSPS) is 13.6. The summed E-state index contributed by atoms with van der Waals surface area (Å²) in [4.78, 5) is 43.2. The zero-order chi connectivity index (χ0) is 23.1. The molecule has 8 nitrogen and oxygen atoms in total. The number of amides is 4. The first-order valence-electron chi connectivity index (χ1n) is 9.58. The number of benzene rings is 1. The smallest absolute Gasteiger partial charge is 0.323 e. The van der Waals surface area contributed by atoms with Gasteiger partial charge in [0.1, 0.15) is 5.82 Å². The van der Waals surface area contributed by atoms with Crippen molar-refractivity contribution in [3.63, 3.8) is 0 Å². The van der Waals surface area contributed by atoms with E-state index in [9.17, 15) is 27.6 Å². The number of nitrogens with zero attached hydrogens (tertiary/aromatic N) is 3. The Bertz CT molecular complexity index is 971. The minimum Gasteiger partial charge on any atom is -0.323 e. The summed E-state index contributed by atoms with van der Waals surface area (Å²) in [6.45, 7) is 1.17. The van der Waals surface area contributed by atoms with Gasteiger partial charge in [-0.25, -0.2) is 9.18 Å². The van der Waals surface area contributed by atoms with Crippen LogP contribution in [-0.4, -0.2) is 58.8 Å². The lowest BCUT2D eigenvalue weighted by molar-refractivity contribution is -0.132. The number of halogens is 3. The van der Waals surface area contributed by atoms with E-state index in [1.165, 1.54) is 41.4 Å². The number of rotatable bonds is 5. The number of carbonyl (C=O) groups excluding carboxylic acids is 3. The summed E-state index contributed by atoms with van der Waals surface area (Å²) in [5.74, 6) is -1.33. The van der Waals surface area contributed by atoms with Crippen molar-refractivity contribution in [1.29, 1.82) is 0 Å². The third-order valence-corrected chi connectivity index (χ3v) is 5.48. The summed E-state index contributed by atoms with van der Waals surface area (Å²) in [5.41, 5.74) is 4.25. The van der Waals surface area contributed by atoms with Crippen molar-refractivity contribution in [2.75, 3.05) is 29.5 Å². The lowest BCUT2D eigenvalue weighted by atomic mass is 10.2. The molecule has 2 heterocycles. The summed E-state index contributed by atoms with van der Waals surface area (Å²) in [5, 5.41) is 0. The van der Waals surface area contributed by atoms with Crippen LogP contribution in [0, 0.1) is 5.82 Å². The van der Waals surface area contributed by atoms with Crippen molar-refractivity contribution in [2.45, 2.75) is 13.0 Å². The van der Waals surface area contributed by atoms with Crippen LogP contribution < -0.4 is 15.8 Å². The number of hydrogen-bond acceptors (Lipinski definition) is 5. The molecule has 1 saturated heterocycles. The maximum Gasteiger partial charge on any atom is 0.324 e. The number of hydrogen-bond donors (Lipinski definition) is 2. The first-order chi connectivity index (χ1) is 15.3. The Labute approximate surface area is 186 Å². The number of anilines is 1. The Balaban J connectivity index is 1.73. The van der Waals surface area contributed by atoms with E-state index in [0.717, 1.165) is 11.5 Å². The molecule has 170 valence electrons. The molecule has 0 spiro atoms. The summed E-state index contributed by atoms with van der Waals surface area (Å²) in [6.07, 6.45) is -2.08. The molecule has 1 aromatic heterocycles. The summed E-state index contributed by atoms with van der Waals surface area (Å²) in [6, 6.07) is 8.23. The van der Waals surface area contributed by atoms with Crippen molar-refractivity contribution in [1.82, 2.24) is 20.7 Å². The van der Waals surface area contributed by atoms with Crippen LogP contribution in [0.1, 0.15) is 16.1 Å². The molecule has 1 aliphatic rings. The molecular weight excluding hydrogens is 447 g/mol. The Kier molecular flexibility index (Phi) is 7.92. The number of urea groups is 1. The zero-order valence-corrected chi connectivity index (χ0v) is 17.6. The van der Waals surface area contributed by atoms with Gasteiger partial charge in [0.25, 0.3) is 5.91 Å². The maximum atomic E-state index is 13.8. The quantitative estimate of drug-likeness (QED) is 0.659. The number of alkyl halides is 2. The molecule has 0 atom stereocenters. The third kappa shape index (κ3) is 6.13. The van der Waals surface area contributed by atoms with Gasteiger partial charge in [-0.05, 0) is 30.3 Å². The lowest BCUT2D eigenvalue weighted by Gasteiger charge is -2.32. The molecule has 0 aliphatic carbocycles. The van der Waals surface area contributed by atoms with Crippen molar-refractivity contribution >= 4 is 35.3 Å². The van der Waals surface area contributed by atoms with Crippen LogP contribution in [0.2, 0.25) is 0 Å². The lowest BCUT2D eigenvalue weighted by Crippen LogP contribution is -2.46. The second-order valence-corrected chi connectivity index (χ2v) is 7.96. The first-order valence-corrected chi connectivity index (χ1v) is 10.7. The summed E-state index contributed by atoms with van der Waals surface area (Å²) < 4.78 is 38.2. The van der Waals surface area contributed by atoms with Gasteiger partial charge in [-0.15, -0.1) is 0 Å². The molecule has 0 bridgehead atoms. The number of aromatic nitrogens is 1. The number of carbonyl (C=O) groups is 3. The van der Waals surface area contributed by atoms with Crippen LogP contribution in [0.3, 0.4) is 0 Å². The highest BCUT2D eigenvalue weighted by molar-refractivity contribution is 7.99. The Morgan fingerprint density at radius 1 is 1.12 bits per heavy atom. The molecule has 1 aliphatic heterocycles. The van der Waals surface area contributed by atoms with Crippen molar-refractivity contribution in [3.8, 4) is 0 Å². The van der Waals surface area contributed by atoms with Crippen LogP contribution in [0.25, 0.3) is 0 Å². The standard InChI is InChI=1S/C20H20F3N5O3S/c21-14-2-1-3-16(10-14)28(20(31)27-6-8-32-9-7-27)12-15-5-4-13(11-24-15)18(29)25-26-19(30)17(22)23/h1-5,10-11,17H,6-9,12H2,(H,25,29)(H,26,30). The predicted octanol–water partition coefficient (Wildman–Crippen LogP) is 2.42. The van der Waals surface area contributed by atoms with Crippen LogP contribution in [0.15, 0.2) is 42.6 Å². The van der Waals surface area contributed by atoms with Gasteiger partial charge in [0.15, 0.2) is 0 Å². The van der Waals surface area contributed by atoms with Crippen molar-refractivity contribution in [2.24, 2.45) is 0 Å². The van der Waals surface area contributed by atoms with E-state index < -0.39 is 24.1 Å². The van der Waals surface area contributed by atoms with Gasteiger partial charge in [0.05, 0.1) is 17.8 Å². The van der Waals surface area contributed by atoms with E-state index >= 15 is 0 Å². The maximum absolute atomic E-state index is 13.8. The van der Waals surface area contributed by atoms with E-state index in [0.29, 0.717) is 24.5 Å². The van der Waals surface area contributed by atoms with E-state index in [2.05, 4.69) is 4.98 Å². The van der Waals surface area contributed by atoms with Crippen molar-refractivity contribution in [3.05, 3.63) is 59.7 Å². The number of thioether (sulfide) groups is 1. The molecule has 0 unspecified atom stereocenters. The van der Waals surface area contributed by atoms with Crippen LogP contribution in [-0.2, 0) is 11.3 Å². The third-order valence-electron chi connectivity index (χ3n) is 4.54. The summed E-state index contributed by atoms with van der Waals surface area (Å²) in [7, 11) is 0. The van der Waals surface area contributed by atoms with Gasteiger partial charge in [-0.3, -0.25) is 30.3 Å². The van der Waals surface area contributed by atoms with Gasteiger partial charge in [0.2, 0.25) is 0 Å². The van der Waals surface area contributed by atoms with Crippen LogP contribution in [0.5, 0.6) is 0 Å². The minimum atomic E-state index is -3.26. The zero-order valence-electron chi connectivity index (χ0n) is 16.8. The molecule has 0 saturated carbocycles. The largest absolute Gasteiger partial charge is 0.324 e. The second kappa shape index (κ2) is 10.8. The Hall–Kier alpha value is -3.28. The fourth-order valence-electron chi connectivity index (χ4n) is 2.90. The van der Waals surface area contributed by atoms with Crippen molar-refractivity contribution < 1.29 is 27.6 Å². The topological polar surface area (TPSA) is 94.6 Å². The molecule has 12 heteroatoms. The fraction of sp³-hybridized carbons (Fsp3) is 0.300. The first kappa shape index (κ1) is 23.4. The van der Waals surface area contributed by atoms with Crippen LogP contribution in [0.4, 0.5) is 23.7 Å². The molecule has 1 aromatic carbocycles. The summed E-state index contributed by atoms with van der Waals surface area (Å²) >= 11 is 1.75. The van der Waals surface area contributed by atoms with E-state index in [4.69, 9.17) is 0 Å². The molecule has 2 aromatic rings. The van der Waals surface area contributed by atoms with Gasteiger partial charge in [-0.2, -0.15) is 20.5 Å². The Morgan fingerprint density at radius 3 is 2.50 bits per heavy atom. The molecule has 3 rings (SSSR count). The molecule has 1 fully saturated rings. The number of pyridine rings is 1. The highest BCUT2D eigenvalue weighted by Gasteiger charge is 2.25. The van der Waals surface area contributed by atoms with Gasteiger partial charge in [0, 0.05) is 36.5 Å². The number of hydrazine groups is 1. The minimum absolute atomic E-state index is 0.0139. The van der Waals surface area contributed by atoms with E-state index in [1.54, 1.807) is 28.2 Å². The van der Waals surface area contributed by atoms with E-state index in [-0.39, 0.29) is 18.1 Å². The average molecular weight is 467 g/mol. The highest BCUT2D eigenvalue weighted by Crippen LogP contribution is 2.21. The van der Waals surface area contributed by atoms with Gasteiger partial charge < -0.3 is 4.90 Å². The monoisotopic (exact) mass is 467 g/mol. The predicted molar refractivity (Wildman–Crippen MR) is 113 cm³/mol. The highest BCUT2D eigenvalue weighted by atomic mass is 32.2. The van der Waals surface area contributed by atoms with Crippen LogP contribution >= 0.6 is 11.8 Å². The second-order valence-electron chi connectivity index (χ2n) is 6.73. The molecule has 0 radical (unpaired) electrons. The average Bonchev–Trinajstić information content (AvgIpc) is 2.81. The molecular formula is C20H20F3N5O3S. The van der Waals surface area contributed by atoms with Gasteiger partial charge in [-0.1, -0.05) is 6.07 Å². The number of nitrogens with one attached hydrogen (secondary N) is 2. The molecule has 4 amide bonds. The molecule has 32 heavy (non-hydrogen) atoms. The SMILES string of the molecule is O=C(NNC(=O)C(F)F)c1ccc(CN(C(=O)N2CCSCC2)c2cccc(F)c2)nc1. The van der Waals surface area contributed by atoms with Gasteiger partial charge >= 0.3 is 18.4 Å². The fourth-order valence-corrected chi connectivity index (χ4v) is 3.80.